The lowest BCUT2D eigenvalue weighted by Crippen LogP contribution is -2.38. The minimum atomic E-state index is -0.388. The molecule has 11 rings (SSSR count). The van der Waals surface area contributed by atoms with Crippen molar-refractivity contribution in [2.24, 2.45) is 0 Å². The van der Waals surface area contributed by atoms with Gasteiger partial charge in [-0.25, -0.2) is 0 Å². The number of fused-ring (bicyclic) bond motifs is 6. The Labute approximate surface area is 398 Å². The molecule has 2 aliphatic heterocycles. The lowest BCUT2D eigenvalue weighted by atomic mass is 9.66. The fraction of sp³-hybridized carbons (Fsp3) is 0.219. The molecular weight excluding hydrogens is 811 g/mol. The van der Waals surface area contributed by atoms with Crippen molar-refractivity contribution in [1.82, 2.24) is 0 Å². The molecule has 0 aromatic heterocycles. The van der Waals surface area contributed by atoms with E-state index in [2.05, 4.69) is 272 Å². The van der Waals surface area contributed by atoms with Crippen LogP contribution in [0.15, 0.2) is 188 Å². The molecule has 0 spiro atoms. The van der Waals surface area contributed by atoms with Crippen molar-refractivity contribution >= 4 is 72.7 Å². The van der Waals surface area contributed by atoms with Crippen LogP contribution in [0, 0.1) is 0 Å². The molecule has 3 heteroatoms. The van der Waals surface area contributed by atoms with Gasteiger partial charge in [-0.2, -0.15) is 0 Å². The van der Waals surface area contributed by atoms with E-state index < -0.39 is 0 Å². The Morgan fingerprint density at radius 1 is 0.328 bits per heavy atom. The summed E-state index contributed by atoms with van der Waals surface area (Å²) in [6.45, 7) is 23.4. The quantitative estimate of drug-likeness (QED) is 0.165. The summed E-state index contributed by atoms with van der Waals surface area (Å²) in [5.41, 5.74) is 17.9. The second kappa shape index (κ2) is 15.2. The van der Waals surface area contributed by atoms with E-state index in [1.54, 1.807) is 0 Å². The maximum atomic E-state index is 2.58. The maximum absolute atomic E-state index is 2.58. The predicted octanol–water partition coefficient (Wildman–Crippen LogP) is 18.3. The van der Waals surface area contributed by atoms with Gasteiger partial charge in [0.15, 0.2) is 0 Å². The highest BCUT2D eigenvalue weighted by atomic mass is 15.2. The molecule has 0 atom stereocenters. The van der Waals surface area contributed by atoms with Crippen LogP contribution in [0.1, 0.15) is 103 Å². The second-order valence-electron chi connectivity index (χ2n) is 22.0. The summed E-state index contributed by atoms with van der Waals surface area (Å²) < 4.78 is 0. The highest BCUT2D eigenvalue weighted by Gasteiger charge is 2.46. The molecule has 3 nitrogen and oxygen atoms in total. The van der Waals surface area contributed by atoms with E-state index in [9.17, 15) is 0 Å². The average Bonchev–Trinajstić information content (AvgIpc) is 3.31. The summed E-state index contributed by atoms with van der Waals surface area (Å²) in [5.74, 6) is 0. The molecule has 9 aromatic carbocycles. The third-order valence-corrected chi connectivity index (χ3v) is 14.9. The van der Waals surface area contributed by atoms with Gasteiger partial charge in [0, 0.05) is 45.0 Å². The fourth-order valence-corrected chi connectivity index (χ4v) is 10.9. The lowest BCUT2D eigenvalue weighted by molar-refractivity contribution is 0.590. The van der Waals surface area contributed by atoms with E-state index in [0.717, 1.165) is 34.1 Å². The van der Waals surface area contributed by atoms with Crippen LogP contribution in [-0.4, -0.2) is 0 Å². The van der Waals surface area contributed by atoms with Crippen LogP contribution in [0.3, 0.4) is 0 Å². The van der Waals surface area contributed by atoms with E-state index >= 15 is 0 Å². The van der Waals surface area contributed by atoms with Crippen molar-refractivity contribution in [2.45, 2.75) is 90.9 Å². The van der Waals surface area contributed by atoms with E-state index in [-0.39, 0.29) is 21.7 Å². The number of rotatable bonds is 6. The van der Waals surface area contributed by atoms with Crippen LogP contribution in [0.25, 0.3) is 21.5 Å². The highest BCUT2D eigenvalue weighted by Crippen LogP contribution is 2.62. The molecule has 0 saturated carbocycles. The Kier molecular flexibility index (Phi) is 9.66. The molecule has 67 heavy (non-hydrogen) atoms. The molecule has 0 saturated heterocycles. The Morgan fingerprint density at radius 3 is 1.21 bits per heavy atom. The maximum Gasteiger partial charge on any atom is 0.0545 e. The van der Waals surface area contributed by atoms with Gasteiger partial charge in [-0.05, 0) is 151 Å². The third kappa shape index (κ3) is 7.01. The third-order valence-electron chi connectivity index (χ3n) is 14.9. The molecule has 0 aliphatic carbocycles. The lowest BCUT2D eigenvalue weighted by Gasteiger charge is -2.50. The first-order valence-corrected chi connectivity index (χ1v) is 24.0. The zero-order valence-corrected chi connectivity index (χ0v) is 40.7. The smallest absolute Gasteiger partial charge is 0.0545 e. The number of hydrogen-bond acceptors (Lipinski definition) is 3. The highest BCUT2D eigenvalue weighted by molar-refractivity contribution is 5.97. The van der Waals surface area contributed by atoms with Crippen LogP contribution in [0.2, 0.25) is 0 Å². The van der Waals surface area contributed by atoms with Crippen LogP contribution in [0.4, 0.5) is 51.2 Å². The van der Waals surface area contributed by atoms with Gasteiger partial charge in [0.2, 0.25) is 0 Å². The Hall–Kier alpha value is -7.10. The molecule has 0 fully saturated rings. The fourth-order valence-electron chi connectivity index (χ4n) is 10.9. The molecule has 0 amide bonds. The molecule has 2 heterocycles. The molecule has 0 bridgehead atoms. The normalized spacial score (nSPS) is 14.6. The minimum absolute atomic E-state index is 0.0409. The average molecular weight is 872 g/mol. The summed E-state index contributed by atoms with van der Waals surface area (Å²) in [6, 6.07) is 70.9. The first kappa shape index (κ1) is 42.5. The van der Waals surface area contributed by atoms with Gasteiger partial charge in [-0.1, -0.05) is 172 Å². The van der Waals surface area contributed by atoms with Crippen molar-refractivity contribution in [3.63, 3.8) is 0 Å². The monoisotopic (exact) mass is 871 g/mol. The number of benzene rings is 9. The van der Waals surface area contributed by atoms with Gasteiger partial charge in [-0.15, -0.1) is 0 Å². The van der Waals surface area contributed by atoms with E-state index in [0.29, 0.717) is 0 Å². The molecule has 9 aromatic rings. The molecule has 0 N–H and O–H groups in total. The zero-order valence-electron chi connectivity index (χ0n) is 40.7. The minimum Gasteiger partial charge on any atom is -0.310 e. The van der Waals surface area contributed by atoms with Crippen molar-refractivity contribution in [2.75, 3.05) is 14.7 Å². The zero-order chi connectivity index (χ0) is 46.6. The van der Waals surface area contributed by atoms with E-state index in [4.69, 9.17) is 0 Å². The molecule has 332 valence electrons. The Bertz CT molecular complexity index is 3380. The van der Waals surface area contributed by atoms with Gasteiger partial charge >= 0.3 is 0 Å². The van der Waals surface area contributed by atoms with Gasteiger partial charge in [0.25, 0.3) is 0 Å². The Morgan fingerprint density at radius 2 is 0.701 bits per heavy atom. The first-order valence-electron chi connectivity index (χ1n) is 24.0. The summed E-state index contributed by atoms with van der Waals surface area (Å²) in [7, 11) is 0. The van der Waals surface area contributed by atoms with Gasteiger partial charge < -0.3 is 14.7 Å². The van der Waals surface area contributed by atoms with Gasteiger partial charge in [-0.3, -0.25) is 0 Å². The van der Waals surface area contributed by atoms with Crippen molar-refractivity contribution in [1.29, 1.82) is 0 Å². The predicted molar refractivity (Wildman–Crippen MR) is 287 cm³/mol. The van der Waals surface area contributed by atoms with Gasteiger partial charge in [0.05, 0.1) is 17.1 Å². The SMILES string of the molecule is CC(C)(C)c1ccc(N(c2ccc3c(c2)C(C)(C)c2cc(N(c4ccc(C(C)(C)C)cc4)c4ccc5ccccc5c4)cc4c2N3c2ccccc2C4(C)C)c2ccc3ccccc3c2)cc1. The standard InChI is InChI=1S/C64H61N3/c1-61(2,3)46-25-31-48(32-26-46)65(50-29-23-42-17-11-13-19-44(42)37-50)52-35-36-59-55(39-52)64(9,10)57-41-53(40-56-60(57)67(59)58-22-16-15-21-54(58)63(56,7)8)66(49-33-27-47(28-34-49)62(4,5)6)51-30-24-43-18-12-14-20-45(43)38-51/h11-41H,1-10H3. The van der Waals surface area contributed by atoms with Crippen LogP contribution < -0.4 is 14.7 Å². The van der Waals surface area contributed by atoms with Crippen molar-refractivity contribution in [3.05, 3.63) is 221 Å². The molecule has 0 unspecified atom stereocenters. The largest absolute Gasteiger partial charge is 0.310 e. The van der Waals surface area contributed by atoms with Crippen molar-refractivity contribution in [3.8, 4) is 0 Å². The summed E-state index contributed by atoms with van der Waals surface area (Å²) in [4.78, 5) is 7.51. The van der Waals surface area contributed by atoms with Crippen LogP contribution in [0.5, 0.6) is 0 Å². The van der Waals surface area contributed by atoms with Gasteiger partial charge in [0.1, 0.15) is 0 Å². The summed E-state index contributed by atoms with van der Waals surface area (Å²) in [6.07, 6.45) is 0. The van der Waals surface area contributed by atoms with E-state index in [1.165, 1.54) is 72.0 Å². The number of para-hydroxylation sites is 1. The molecule has 0 radical (unpaired) electrons. The second-order valence-corrected chi connectivity index (χ2v) is 22.0. The summed E-state index contributed by atoms with van der Waals surface area (Å²) >= 11 is 0. The number of hydrogen-bond donors (Lipinski definition) is 0. The topological polar surface area (TPSA) is 9.72 Å². The van der Waals surface area contributed by atoms with Crippen molar-refractivity contribution < 1.29 is 0 Å². The Balaban J connectivity index is 1.15. The first-order chi connectivity index (χ1) is 32.0. The molecular formula is C64H61N3. The number of anilines is 9. The summed E-state index contributed by atoms with van der Waals surface area (Å²) in [5, 5.41) is 4.92. The van der Waals surface area contributed by atoms with E-state index in [1.807, 2.05) is 0 Å². The number of nitrogens with zero attached hydrogens (tertiary/aromatic N) is 3. The van der Waals surface area contributed by atoms with Crippen LogP contribution in [-0.2, 0) is 21.7 Å². The molecule has 2 aliphatic rings. The van der Waals surface area contributed by atoms with Crippen LogP contribution >= 0.6 is 0 Å².